The number of H-pyrrole nitrogens is 1. The van der Waals surface area contributed by atoms with E-state index in [1.54, 1.807) is 12.1 Å². The van der Waals surface area contributed by atoms with Gasteiger partial charge in [0.25, 0.3) is 0 Å². The van der Waals surface area contributed by atoms with Crippen LogP contribution in [0.25, 0.3) is 0 Å². The fourth-order valence-electron chi connectivity index (χ4n) is 2.84. The van der Waals surface area contributed by atoms with E-state index in [1.165, 1.54) is 6.26 Å². The van der Waals surface area contributed by atoms with E-state index >= 15 is 0 Å². The number of benzene rings is 1. The van der Waals surface area contributed by atoms with Crippen LogP contribution in [0.15, 0.2) is 29.2 Å². The average molecular weight is 335 g/mol. The van der Waals surface area contributed by atoms with Crippen molar-refractivity contribution in [2.75, 3.05) is 37.3 Å². The van der Waals surface area contributed by atoms with E-state index in [0.29, 0.717) is 11.4 Å². The van der Waals surface area contributed by atoms with Gasteiger partial charge < -0.3 is 4.90 Å². The highest BCUT2D eigenvalue weighted by molar-refractivity contribution is 7.90. The van der Waals surface area contributed by atoms with Crippen LogP contribution in [0.4, 0.5) is 5.69 Å². The maximum absolute atomic E-state index is 11.9. The minimum absolute atomic E-state index is 0.401. The fraction of sp³-hybridized carbons (Fsp3) is 0.467. The monoisotopic (exact) mass is 335 g/mol. The molecule has 2 aromatic rings. The molecule has 0 aliphatic carbocycles. The van der Waals surface area contributed by atoms with E-state index in [1.807, 2.05) is 19.1 Å². The lowest BCUT2D eigenvalue weighted by atomic mass is 10.2. The summed E-state index contributed by atoms with van der Waals surface area (Å²) in [6, 6.07) is 7.20. The zero-order valence-electron chi connectivity index (χ0n) is 13.4. The first-order valence-corrected chi connectivity index (χ1v) is 9.47. The summed E-state index contributed by atoms with van der Waals surface area (Å²) in [5.74, 6) is 1.62. The molecular formula is C15H21N5O2S. The van der Waals surface area contributed by atoms with Crippen LogP contribution in [0.5, 0.6) is 0 Å². The summed E-state index contributed by atoms with van der Waals surface area (Å²) in [4.78, 5) is 9.14. The van der Waals surface area contributed by atoms with Gasteiger partial charge in [-0.1, -0.05) is 12.1 Å². The highest BCUT2D eigenvalue weighted by atomic mass is 32.2. The van der Waals surface area contributed by atoms with E-state index in [0.717, 1.165) is 43.5 Å². The molecule has 1 aromatic carbocycles. The molecule has 1 aromatic heterocycles. The van der Waals surface area contributed by atoms with Crippen molar-refractivity contribution in [1.29, 1.82) is 0 Å². The van der Waals surface area contributed by atoms with Crippen molar-refractivity contribution in [3.05, 3.63) is 35.9 Å². The molecule has 124 valence electrons. The highest BCUT2D eigenvalue weighted by Crippen LogP contribution is 2.26. The lowest BCUT2D eigenvalue weighted by Gasteiger charge is -2.36. The topological polar surface area (TPSA) is 82.2 Å². The smallest absolute Gasteiger partial charge is 0.177 e. The second kappa shape index (κ2) is 6.29. The van der Waals surface area contributed by atoms with Gasteiger partial charge in [0.2, 0.25) is 0 Å². The van der Waals surface area contributed by atoms with Crippen LogP contribution < -0.4 is 4.90 Å². The van der Waals surface area contributed by atoms with E-state index in [2.05, 4.69) is 25.0 Å². The van der Waals surface area contributed by atoms with Crippen LogP contribution in [-0.4, -0.2) is 60.9 Å². The van der Waals surface area contributed by atoms with E-state index in [4.69, 9.17) is 0 Å². The molecule has 8 heteroatoms. The van der Waals surface area contributed by atoms with Gasteiger partial charge in [-0.3, -0.25) is 10.00 Å². The number of hydrogen-bond acceptors (Lipinski definition) is 6. The molecule has 1 aliphatic heterocycles. The Morgan fingerprint density at radius 1 is 1.17 bits per heavy atom. The molecule has 3 rings (SSSR count). The Hall–Kier alpha value is -1.93. The summed E-state index contributed by atoms with van der Waals surface area (Å²) in [6.45, 7) is 5.88. The van der Waals surface area contributed by atoms with E-state index in [-0.39, 0.29) is 0 Å². The average Bonchev–Trinajstić information content (AvgIpc) is 2.92. The van der Waals surface area contributed by atoms with Crippen LogP contribution in [-0.2, 0) is 16.4 Å². The van der Waals surface area contributed by atoms with Crippen molar-refractivity contribution in [3.63, 3.8) is 0 Å². The quantitative estimate of drug-likeness (QED) is 0.891. The second-order valence-electron chi connectivity index (χ2n) is 5.84. The number of aryl methyl sites for hydroxylation is 1. The molecule has 1 fully saturated rings. The van der Waals surface area contributed by atoms with Gasteiger partial charge >= 0.3 is 0 Å². The molecule has 0 bridgehead atoms. The van der Waals surface area contributed by atoms with Crippen molar-refractivity contribution >= 4 is 15.5 Å². The number of piperazine rings is 1. The van der Waals surface area contributed by atoms with Crippen molar-refractivity contribution in [2.45, 2.75) is 18.4 Å². The highest BCUT2D eigenvalue weighted by Gasteiger charge is 2.22. The molecular weight excluding hydrogens is 314 g/mol. The van der Waals surface area contributed by atoms with Gasteiger partial charge in [0, 0.05) is 32.4 Å². The number of aromatic amines is 1. The molecule has 0 spiro atoms. The summed E-state index contributed by atoms with van der Waals surface area (Å²) in [6.07, 6.45) is 1.26. The third-order valence-electron chi connectivity index (χ3n) is 3.99. The van der Waals surface area contributed by atoms with Crippen LogP contribution in [0.2, 0.25) is 0 Å². The maximum Gasteiger partial charge on any atom is 0.177 e. The Morgan fingerprint density at radius 2 is 1.87 bits per heavy atom. The molecule has 2 heterocycles. The summed E-state index contributed by atoms with van der Waals surface area (Å²) >= 11 is 0. The van der Waals surface area contributed by atoms with Gasteiger partial charge in [-0.25, -0.2) is 13.4 Å². The maximum atomic E-state index is 11.9. The summed E-state index contributed by atoms with van der Waals surface area (Å²) in [5, 5.41) is 7.01. The number of nitrogens with zero attached hydrogens (tertiary/aromatic N) is 4. The molecule has 1 N–H and O–H groups in total. The molecule has 0 radical (unpaired) electrons. The predicted molar refractivity (Wildman–Crippen MR) is 88.2 cm³/mol. The first-order chi connectivity index (χ1) is 10.9. The molecule has 1 aliphatic rings. The number of rotatable bonds is 4. The van der Waals surface area contributed by atoms with Crippen LogP contribution in [0, 0.1) is 6.92 Å². The zero-order chi connectivity index (χ0) is 16.4. The van der Waals surface area contributed by atoms with Crippen molar-refractivity contribution in [3.8, 4) is 0 Å². The second-order valence-corrected chi connectivity index (χ2v) is 7.82. The third kappa shape index (κ3) is 3.70. The number of aromatic nitrogens is 3. The first kappa shape index (κ1) is 15.9. The van der Waals surface area contributed by atoms with Crippen molar-refractivity contribution < 1.29 is 8.42 Å². The van der Waals surface area contributed by atoms with Crippen LogP contribution in [0.3, 0.4) is 0 Å². The van der Waals surface area contributed by atoms with Gasteiger partial charge in [0.05, 0.1) is 17.1 Å². The lowest BCUT2D eigenvalue weighted by Crippen LogP contribution is -2.46. The van der Waals surface area contributed by atoms with Crippen LogP contribution in [0.1, 0.15) is 11.6 Å². The summed E-state index contributed by atoms with van der Waals surface area (Å²) < 4.78 is 23.9. The van der Waals surface area contributed by atoms with Crippen molar-refractivity contribution in [2.24, 2.45) is 0 Å². The fourth-order valence-corrected chi connectivity index (χ4v) is 3.74. The Morgan fingerprint density at radius 3 is 2.48 bits per heavy atom. The number of nitrogens with one attached hydrogen (secondary N) is 1. The Bertz CT molecular complexity index is 779. The standard InChI is InChI=1S/C15H21N5O2S/c1-12-16-15(18-17-12)11-19-7-9-20(10-8-19)13-5-3-4-6-14(13)23(2,21)22/h3-6H,7-11H2,1-2H3,(H,16,17,18). The van der Waals surface area contributed by atoms with Crippen molar-refractivity contribution in [1.82, 2.24) is 20.1 Å². The molecule has 0 saturated carbocycles. The van der Waals surface area contributed by atoms with Gasteiger partial charge in [0.1, 0.15) is 5.82 Å². The third-order valence-corrected chi connectivity index (χ3v) is 5.13. The predicted octanol–water partition coefficient (Wildman–Crippen LogP) is 0.839. The van der Waals surface area contributed by atoms with Gasteiger partial charge in [-0.15, -0.1) is 0 Å². The molecule has 23 heavy (non-hydrogen) atoms. The number of para-hydroxylation sites is 1. The Balaban J connectivity index is 1.68. The largest absolute Gasteiger partial charge is 0.368 e. The molecule has 0 atom stereocenters. The summed E-state index contributed by atoms with van der Waals surface area (Å²) in [7, 11) is -3.22. The van der Waals surface area contributed by atoms with Crippen LogP contribution >= 0.6 is 0 Å². The molecule has 0 amide bonds. The molecule has 1 saturated heterocycles. The van der Waals surface area contributed by atoms with Gasteiger partial charge in [0.15, 0.2) is 15.7 Å². The molecule has 7 nitrogen and oxygen atoms in total. The molecule has 0 unspecified atom stereocenters. The number of anilines is 1. The minimum Gasteiger partial charge on any atom is -0.368 e. The SMILES string of the molecule is Cc1nc(CN2CCN(c3ccccc3S(C)(=O)=O)CC2)n[nH]1. The van der Waals surface area contributed by atoms with E-state index < -0.39 is 9.84 Å². The number of hydrogen-bond donors (Lipinski definition) is 1. The van der Waals surface area contributed by atoms with Gasteiger partial charge in [-0.05, 0) is 19.1 Å². The Kier molecular flexibility index (Phi) is 4.36. The Labute approximate surface area is 136 Å². The zero-order valence-corrected chi connectivity index (χ0v) is 14.2. The normalized spacial score (nSPS) is 16.7. The van der Waals surface area contributed by atoms with Gasteiger partial charge in [-0.2, -0.15) is 5.10 Å². The first-order valence-electron chi connectivity index (χ1n) is 7.58. The summed E-state index contributed by atoms with van der Waals surface area (Å²) in [5.41, 5.74) is 0.795. The number of sulfone groups is 1. The minimum atomic E-state index is -3.22. The lowest BCUT2D eigenvalue weighted by molar-refractivity contribution is 0.244. The van der Waals surface area contributed by atoms with E-state index in [9.17, 15) is 8.42 Å².